The summed E-state index contributed by atoms with van der Waals surface area (Å²) in [5, 5.41) is 4.31. The summed E-state index contributed by atoms with van der Waals surface area (Å²) in [6.45, 7) is 19.2. The molecule has 0 bridgehead atoms. The molecule has 4 aromatic rings. The van der Waals surface area contributed by atoms with Crippen LogP contribution in [-0.2, 0) is 17.4 Å². The van der Waals surface area contributed by atoms with E-state index in [1.807, 2.05) is 0 Å². The zero-order valence-electron chi connectivity index (χ0n) is 27.8. The fourth-order valence-electron chi connectivity index (χ4n) is 9.27. The molecule has 0 saturated carbocycles. The van der Waals surface area contributed by atoms with E-state index in [0.29, 0.717) is 17.8 Å². The van der Waals surface area contributed by atoms with Gasteiger partial charge < -0.3 is 0 Å². The van der Waals surface area contributed by atoms with Crippen molar-refractivity contribution in [2.24, 2.45) is 17.8 Å². The first-order valence-corrected chi connectivity index (χ1v) is 17.2. The number of nitrogens with zero attached hydrogens (tertiary/aromatic N) is 1. The van der Waals surface area contributed by atoms with Crippen molar-refractivity contribution in [3.63, 3.8) is 0 Å². The van der Waals surface area contributed by atoms with Crippen LogP contribution in [0.5, 0.6) is 0 Å². The van der Waals surface area contributed by atoms with Crippen molar-refractivity contribution < 1.29 is 4.57 Å². The fourth-order valence-corrected chi connectivity index (χ4v) is 9.27. The highest BCUT2D eigenvalue weighted by molar-refractivity contribution is 6.05. The number of hydrogen-bond donors (Lipinski definition) is 0. The number of benzene rings is 3. The third kappa shape index (κ3) is 3.92. The number of hydrogen-bond acceptors (Lipinski definition) is 0. The van der Waals surface area contributed by atoms with E-state index in [0.717, 1.165) is 12.8 Å². The van der Waals surface area contributed by atoms with Crippen LogP contribution in [-0.4, -0.2) is 0 Å². The minimum Gasteiger partial charge on any atom is -0.177 e. The molecule has 3 aliphatic rings. The summed E-state index contributed by atoms with van der Waals surface area (Å²) >= 11 is 0. The van der Waals surface area contributed by atoms with Gasteiger partial charge in [-0.1, -0.05) is 110 Å². The molecule has 0 N–H and O–H groups in total. The smallest absolute Gasteiger partial charge is 0.177 e. The second kappa shape index (κ2) is 10.2. The fraction of sp³-hybridized carbons (Fsp3) is 0.452. The Bertz CT molecular complexity index is 1820. The van der Waals surface area contributed by atoms with Gasteiger partial charge in [-0.15, -0.1) is 0 Å². The number of rotatable bonds is 8. The Kier molecular flexibility index (Phi) is 6.77. The first-order valence-electron chi connectivity index (χ1n) is 17.2. The van der Waals surface area contributed by atoms with Gasteiger partial charge in [0.05, 0.1) is 5.56 Å². The van der Waals surface area contributed by atoms with Gasteiger partial charge in [-0.05, 0) is 84.1 Å². The molecule has 1 spiro atoms. The molecule has 0 amide bonds. The van der Waals surface area contributed by atoms with Gasteiger partial charge in [0.15, 0.2) is 0 Å². The van der Waals surface area contributed by atoms with Crippen LogP contribution >= 0.6 is 0 Å². The summed E-state index contributed by atoms with van der Waals surface area (Å²) < 4.78 is 2.86. The van der Waals surface area contributed by atoms with Crippen molar-refractivity contribution in [2.75, 3.05) is 0 Å². The first kappa shape index (κ1) is 28.6. The molecule has 7 rings (SSSR count). The van der Waals surface area contributed by atoms with E-state index >= 15 is 0 Å². The van der Waals surface area contributed by atoms with Crippen LogP contribution in [0.25, 0.3) is 32.9 Å². The topological polar surface area (TPSA) is 3.88 Å². The largest absolute Gasteiger partial charge is 0.219 e. The average Bonchev–Trinajstić information content (AvgIpc) is 3.26. The van der Waals surface area contributed by atoms with Crippen LogP contribution in [0.2, 0.25) is 0 Å². The first-order chi connectivity index (χ1) is 20.7. The quantitative estimate of drug-likeness (QED) is 0.186. The maximum atomic E-state index is 2.86. The molecule has 2 aliphatic carbocycles. The normalized spacial score (nSPS) is 19.8. The molecule has 1 aliphatic heterocycles. The van der Waals surface area contributed by atoms with E-state index in [-0.39, 0.29) is 11.0 Å². The Hall–Kier alpha value is -3.19. The number of fused-ring (bicyclic) bond motifs is 4. The van der Waals surface area contributed by atoms with Gasteiger partial charge in [0.2, 0.25) is 16.7 Å². The van der Waals surface area contributed by atoms with Gasteiger partial charge in [0.25, 0.3) is 0 Å². The Morgan fingerprint density at radius 1 is 0.791 bits per heavy atom. The van der Waals surface area contributed by atoms with Crippen molar-refractivity contribution in [3.05, 3.63) is 100 Å². The molecule has 3 aromatic carbocycles. The molecule has 43 heavy (non-hydrogen) atoms. The number of pyridine rings is 1. The van der Waals surface area contributed by atoms with E-state index in [2.05, 4.69) is 127 Å². The molecular formula is C42H50N+. The zero-order valence-corrected chi connectivity index (χ0v) is 27.8. The third-order valence-electron chi connectivity index (χ3n) is 11.5. The molecule has 0 radical (unpaired) electrons. The molecule has 222 valence electrons. The van der Waals surface area contributed by atoms with Gasteiger partial charge >= 0.3 is 0 Å². The van der Waals surface area contributed by atoms with Crippen LogP contribution in [0.4, 0.5) is 0 Å². The van der Waals surface area contributed by atoms with Gasteiger partial charge in [-0.3, -0.25) is 0 Å². The van der Waals surface area contributed by atoms with E-state index in [4.69, 9.17) is 0 Å². The summed E-state index contributed by atoms with van der Waals surface area (Å²) in [6, 6.07) is 21.7. The monoisotopic (exact) mass is 568 g/mol. The molecule has 1 unspecified atom stereocenters. The Morgan fingerprint density at radius 3 is 2.21 bits per heavy atom. The van der Waals surface area contributed by atoms with Gasteiger partial charge in [-0.25, -0.2) is 0 Å². The second-order valence-electron chi connectivity index (χ2n) is 14.7. The minimum absolute atomic E-state index is 0.0858. The van der Waals surface area contributed by atoms with Crippen LogP contribution in [0.15, 0.2) is 77.9 Å². The molecule has 1 atom stereocenters. The average molecular weight is 569 g/mol. The Morgan fingerprint density at radius 2 is 1.51 bits per heavy atom. The minimum atomic E-state index is -0.221. The van der Waals surface area contributed by atoms with Crippen molar-refractivity contribution in [1.82, 2.24) is 0 Å². The number of aromatic nitrogens is 1. The lowest BCUT2D eigenvalue weighted by atomic mass is 9.68. The molecule has 2 heterocycles. The molecule has 0 saturated heterocycles. The predicted octanol–water partition coefficient (Wildman–Crippen LogP) is 11.0. The Balaban J connectivity index is 1.68. The Labute approximate surface area is 259 Å². The third-order valence-corrected chi connectivity index (χ3v) is 11.5. The maximum absolute atomic E-state index is 2.86. The molecule has 1 aromatic heterocycles. The van der Waals surface area contributed by atoms with Crippen molar-refractivity contribution in [3.8, 4) is 11.3 Å². The highest BCUT2D eigenvalue weighted by Gasteiger charge is 2.57. The lowest BCUT2D eigenvalue weighted by Gasteiger charge is -2.34. The number of allylic oxidation sites excluding steroid dienone is 4. The van der Waals surface area contributed by atoms with Crippen molar-refractivity contribution in [2.45, 2.75) is 105 Å². The van der Waals surface area contributed by atoms with Crippen LogP contribution in [0.1, 0.15) is 110 Å². The van der Waals surface area contributed by atoms with Crippen molar-refractivity contribution in [1.29, 1.82) is 0 Å². The summed E-state index contributed by atoms with van der Waals surface area (Å²) in [6.07, 6.45) is 12.3. The highest BCUT2D eigenvalue weighted by atomic mass is 15.1. The summed E-state index contributed by atoms with van der Waals surface area (Å²) in [4.78, 5) is 0. The molecular weight excluding hydrogens is 518 g/mol. The summed E-state index contributed by atoms with van der Waals surface area (Å²) in [5.74, 6) is 1.81. The molecule has 0 fully saturated rings. The van der Waals surface area contributed by atoms with E-state index in [1.54, 1.807) is 11.1 Å². The van der Waals surface area contributed by atoms with Gasteiger partial charge in [0, 0.05) is 39.8 Å². The SMILES string of the molecule is CCC(CC)C1=CC2(CC(C(CC)CC)=C1)c1ccc3cccc4c3c1-c1c(cc3c(CC(C)C)cccc3[n+]12)C4(C)C. The van der Waals surface area contributed by atoms with Gasteiger partial charge in [-0.2, -0.15) is 4.57 Å². The van der Waals surface area contributed by atoms with Crippen molar-refractivity contribution >= 4 is 21.7 Å². The predicted molar refractivity (Wildman–Crippen MR) is 184 cm³/mol. The van der Waals surface area contributed by atoms with Gasteiger partial charge in [0.1, 0.15) is 0 Å². The van der Waals surface area contributed by atoms with E-state index < -0.39 is 0 Å². The highest BCUT2D eigenvalue weighted by Crippen LogP contribution is 2.57. The van der Waals surface area contributed by atoms with E-state index in [1.165, 1.54) is 80.9 Å². The second-order valence-corrected chi connectivity index (χ2v) is 14.7. The lowest BCUT2D eigenvalue weighted by Crippen LogP contribution is -2.56. The maximum Gasteiger partial charge on any atom is 0.219 e. The standard InChI is InChI=1S/C42H50N/c1-9-27(10-2)31-22-32(28(11-3)12-4)25-42(24-31)35-20-19-29-15-13-17-34-38(29)39(35)40-36(41(34,7)8)23-33-30(21-26(5)6)16-14-18-37(33)43(40)42/h13-20,22-24,26-28H,9-12,21,25H2,1-8H3/q+1. The van der Waals surface area contributed by atoms with Crippen LogP contribution in [0, 0.1) is 17.8 Å². The zero-order chi connectivity index (χ0) is 30.3. The lowest BCUT2D eigenvalue weighted by molar-refractivity contribution is -0.703. The molecule has 1 nitrogen and oxygen atoms in total. The van der Waals surface area contributed by atoms with Crippen LogP contribution < -0.4 is 4.57 Å². The molecule has 1 heteroatoms. The summed E-state index contributed by atoms with van der Waals surface area (Å²) in [5.41, 5.74) is 13.3. The van der Waals surface area contributed by atoms with E-state index in [9.17, 15) is 0 Å². The van der Waals surface area contributed by atoms with Crippen LogP contribution in [0.3, 0.4) is 0 Å². The summed E-state index contributed by atoms with van der Waals surface area (Å²) in [7, 11) is 0.